The van der Waals surface area contributed by atoms with Crippen molar-refractivity contribution in [2.75, 3.05) is 18.6 Å². The molecule has 0 aliphatic carbocycles. The summed E-state index contributed by atoms with van der Waals surface area (Å²) >= 11 is 2.23. The fourth-order valence-corrected chi connectivity index (χ4v) is 2.95. The molecular formula is C10H16IN5O. The second-order valence-electron chi connectivity index (χ2n) is 4.64. The normalized spacial score (nSPS) is 30.3. The number of ether oxygens (including phenoxy) is 1. The van der Waals surface area contributed by atoms with Crippen molar-refractivity contribution >= 4 is 22.6 Å². The van der Waals surface area contributed by atoms with Crippen LogP contribution in [0.1, 0.15) is 19.7 Å². The number of nitrogens with zero attached hydrogens (tertiary/aromatic N) is 4. The lowest BCUT2D eigenvalue weighted by molar-refractivity contribution is -0.141. The van der Waals surface area contributed by atoms with E-state index in [0.29, 0.717) is 0 Å². The van der Waals surface area contributed by atoms with Crippen molar-refractivity contribution in [3.8, 4) is 0 Å². The number of rotatable bonds is 1. The van der Waals surface area contributed by atoms with Gasteiger partial charge in [-0.25, -0.2) is 20.2 Å². The van der Waals surface area contributed by atoms with Crippen molar-refractivity contribution in [2.45, 2.75) is 32.6 Å². The summed E-state index contributed by atoms with van der Waals surface area (Å²) in [4.78, 5) is 4.46. The average molecular weight is 349 g/mol. The molecule has 2 aliphatic heterocycles. The van der Waals surface area contributed by atoms with Gasteiger partial charge in [0.25, 0.3) is 0 Å². The molecule has 94 valence electrons. The van der Waals surface area contributed by atoms with E-state index >= 15 is 0 Å². The van der Waals surface area contributed by atoms with Crippen molar-refractivity contribution in [2.24, 2.45) is 0 Å². The molecule has 0 radical (unpaired) electrons. The monoisotopic (exact) mass is 349 g/mol. The van der Waals surface area contributed by atoms with Crippen molar-refractivity contribution in [3.63, 3.8) is 0 Å². The van der Waals surface area contributed by atoms with Gasteiger partial charge in [-0.2, -0.15) is 0 Å². The van der Waals surface area contributed by atoms with E-state index in [9.17, 15) is 0 Å². The Labute approximate surface area is 114 Å². The van der Waals surface area contributed by atoms with Gasteiger partial charge in [-0.3, -0.25) is 0 Å². The molecule has 17 heavy (non-hydrogen) atoms. The van der Waals surface area contributed by atoms with Gasteiger partial charge in [0.05, 0.1) is 24.9 Å². The number of hydrazine groups is 2. The number of imidazole rings is 1. The quantitative estimate of drug-likeness (QED) is 0.760. The fourth-order valence-electron chi connectivity index (χ4n) is 2.39. The van der Waals surface area contributed by atoms with Crippen LogP contribution >= 0.6 is 22.6 Å². The number of aromatic nitrogens is 2. The maximum Gasteiger partial charge on any atom is 0.147 e. The highest BCUT2D eigenvalue weighted by molar-refractivity contribution is 14.1. The van der Waals surface area contributed by atoms with Gasteiger partial charge >= 0.3 is 0 Å². The zero-order chi connectivity index (χ0) is 12.0. The van der Waals surface area contributed by atoms with Crippen LogP contribution < -0.4 is 5.53 Å². The SMILES string of the molecule is C[C@@H]1CN(N2Cc3nc(I)cn3N2)C[C@H](C)O1. The van der Waals surface area contributed by atoms with Gasteiger partial charge in [-0.05, 0) is 36.4 Å². The molecule has 0 aromatic carbocycles. The largest absolute Gasteiger partial charge is 0.373 e. The molecule has 2 aliphatic rings. The number of halogens is 1. The number of morpholine rings is 1. The summed E-state index contributed by atoms with van der Waals surface area (Å²) in [5.74, 6) is 1.06. The predicted molar refractivity (Wildman–Crippen MR) is 71.4 cm³/mol. The summed E-state index contributed by atoms with van der Waals surface area (Å²) in [6, 6.07) is 0. The molecule has 0 unspecified atom stereocenters. The third kappa shape index (κ3) is 2.28. The molecule has 1 aromatic rings. The van der Waals surface area contributed by atoms with Gasteiger partial charge in [-0.1, -0.05) is 0 Å². The molecule has 0 amide bonds. The highest BCUT2D eigenvalue weighted by Gasteiger charge is 2.31. The van der Waals surface area contributed by atoms with Crippen LogP contribution in [0.2, 0.25) is 0 Å². The molecular weight excluding hydrogens is 333 g/mol. The molecule has 0 bridgehead atoms. The number of fused-ring (bicyclic) bond motifs is 1. The van der Waals surface area contributed by atoms with Crippen LogP contribution in [0.15, 0.2) is 6.20 Å². The van der Waals surface area contributed by atoms with Crippen molar-refractivity contribution in [3.05, 3.63) is 15.7 Å². The van der Waals surface area contributed by atoms with E-state index in [-0.39, 0.29) is 12.2 Å². The molecule has 3 heterocycles. The first-order valence-corrected chi connectivity index (χ1v) is 6.88. The fraction of sp³-hybridized carbons (Fsp3) is 0.700. The minimum atomic E-state index is 0.272. The lowest BCUT2D eigenvalue weighted by Crippen LogP contribution is -2.54. The summed E-state index contributed by atoms with van der Waals surface area (Å²) in [5, 5.41) is 4.41. The Bertz CT molecular complexity index is 389. The predicted octanol–water partition coefficient (Wildman–Crippen LogP) is 0.786. The number of hydrogen-bond acceptors (Lipinski definition) is 5. The minimum Gasteiger partial charge on any atom is -0.373 e. The van der Waals surface area contributed by atoms with E-state index in [2.05, 4.69) is 57.1 Å². The van der Waals surface area contributed by atoms with E-state index in [1.807, 2.05) is 10.9 Å². The van der Waals surface area contributed by atoms with Crippen LogP contribution in [0.25, 0.3) is 0 Å². The van der Waals surface area contributed by atoms with Crippen LogP contribution in [0.5, 0.6) is 0 Å². The van der Waals surface area contributed by atoms with E-state index < -0.39 is 0 Å². The Hall–Kier alpha value is -0.380. The number of nitrogens with one attached hydrogen (secondary N) is 1. The second-order valence-corrected chi connectivity index (χ2v) is 5.74. The Morgan fingerprint density at radius 2 is 2.12 bits per heavy atom. The molecule has 1 N–H and O–H groups in total. The molecule has 0 spiro atoms. The number of hydrogen-bond donors (Lipinski definition) is 1. The maximum atomic E-state index is 5.73. The Balaban J connectivity index is 1.69. The van der Waals surface area contributed by atoms with E-state index in [0.717, 1.165) is 29.2 Å². The molecule has 1 fully saturated rings. The summed E-state index contributed by atoms with van der Waals surface area (Å²) in [7, 11) is 0. The Morgan fingerprint density at radius 3 is 2.76 bits per heavy atom. The molecule has 7 heteroatoms. The molecule has 6 nitrogen and oxygen atoms in total. The van der Waals surface area contributed by atoms with Gasteiger partial charge in [0.1, 0.15) is 9.53 Å². The summed E-state index contributed by atoms with van der Waals surface area (Å²) < 4.78 is 8.73. The standard InChI is InChI=1S/C10H16IN5O/c1-7-3-14(4-8(2)17-7)16-6-10-12-9(11)5-15(10)13-16/h5,7-8,13H,3-4,6H2,1-2H3/t7-,8+. The van der Waals surface area contributed by atoms with Crippen molar-refractivity contribution in [1.82, 2.24) is 19.8 Å². The zero-order valence-corrected chi connectivity index (χ0v) is 12.1. The third-order valence-electron chi connectivity index (χ3n) is 3.01. The first-order valence-electron chi connectivity index (χ1n) is 5.80. The second kappa shape index (κ2) is 4.38. The summed E-state index contributed by atoms with van der Waals surface area (Å²) in [5.41, 5.74) is 3.32. The van der Waals surface area contributed by atoms with E-state index in [1.165, 1.54) is 0 Å². The molecule has 2 atom stereocenters. The van der Waals surface area contributed by atoms with Gasteiger partial charge in [0, 0.05) is 13.1 Å². The molecule has 1 aromatic heterocycles. The topological polar surface area (TPSA) is 45.6 Å². The molecule has 3 rings (SSSR count). The van der Waals surface area contributed by atoms with Gasteiger partial charge in [-0.15, -0.1) is 5.12 Å². The van der Waals surface area contributed by atoms with Crippen molar-refractivity contribution in [1.29, 1.82) is 0 Å². The minimum absolute atomic E-state index is 0.272. The lowest BCUT2D eigenvalue weighted by Gasteiger charge is -2.39. The molecule has 1 saturated heterocycles. The molecule has 0 saturated carbocycles. The first-order chi connectivity index (χ1) is 8.11. The van der Waals surface area contributed by atoms with Crippen LogP contribution in [0, 0.1) is 3.70 Å². The van der Waals surface area contributed by atoms with Crippen LogP contribution in [0.3, 0.4) is 0 Å². The van der Waals surface area contributed by atoms with Crippen LogP contribution in [-0.4, -0.2) is 45.1 Å². The van der Waals surface area contributed by atoms with Gasteiger partial charge in [0.15, 0.2) is 0 Å². The van der Waals surface area contributed by atoms with E-state index in [1.54, 1.807) is 0 Å². The Kier molecular flexibility index (Phi) is 3.01. The highest BCUT2D eigenvalue weighted by atomic mass is 127. The highest BCUT2D eigenvalue weighted by Crippen LogP contribution is 2.18. The van der Waals surface area contributed by atoms with E-state index in [4.69, 9.17) is 4.74 Å². The summed E-state index contributed by atoms with van der Waals surface area (Å²) in [6.07, 6.45) is 2.55. The van der Waals surface area contributed by atoms with Crippen LogP contribution in [-0.2, 0) is 11.3 Å². The van der Waals surface area contributed by atoms with Gasteiger partial charge in [0.2, 0.25) is 0 Å². The zero-order valence-electron chi connectivity index (χ0n) is 9.93. The maximum absolute atomic E-state index is 5.73. The average Bonchev–Trinajstić information content (AvgIpc) is 2.72. The summed E-state index contributed by atoms with van der Waals surface area (Å²) in [6.45, 7) is 6.86. The lowest BCUT2D eigenvalue weighted by atomic mass is 10.2. The first kappa shape index (κ1) is 11.7. The van der Waals surface area contributed by atoms with Crippen LogP contribution in [0.4, 0.5) is 0 Å². The third-order valence-corrected chi connectivity index (χ3v) is 3.53. The smallest absolute Gasteiger partial charge is 0.147 e. The van der Waals surface area contributed by atoms with Gasteiger partial charge < -0.3 is 4.74 Å². The van der Waals surface area contributed by atoms with Crippen molar-refractivity contribution < 1.29 is 4.74 Å². The Morgan fingerprint density at radius 1 is 1.41 bits per heavy atom.